The molecule has 90 valence electrons. The van der Waals surface area contributed by atoms with Crippen molar-refractivity contribution >= 4 is 0 Å². The van der Waals surface area contributed by atoms with Gasteiger partial charge in [0.15, 0.2) is 0 Å². The van der Waals surface area contributed by atoms with Gasteiger partial charge in [0.25, 0.3) is 0 Å². The lowest BCUT2D eigenvalue weighted by Gasteiger charge is -2.04. The summed E-state index contributed by atoms with van der Waals surface area (Å²) in [5.41, 5.74) is 0.871. The van der Waals surface area contributed by atoms with E-state index in [4.69, 9.17) is 9.15 Å². The molecule has 0 aliphatic heterocycles. The van der Waals surface area contributed by atoms with Crippen LogP contribution in [-0.2, 0) is 6.54 Å². The fourth-order valence-corrected chi connectivity index (χ4v) is 1.14. The predicted molar refractivity (Wildman–Crippen MR) is 63.4 cm³/mol. The third kappa shape index (κ3) is 4.98. The van der Waals surface area contributed by atoms with Crippen molar-refractivity contribution in [2.24, 2.45) is 5.92 Å². The minimum absolute atomic E-state index is 0.333. The number of aromatic nitrogens is 1. The first-order valence-corrected chi connectivity index (χ1v) is 5.61. The van der Waals surface area contributed by atoms with Gasteiger partial charge in [-0.05, 0) is 19.4 Å². The molecular weight excluding hydrogens is 204 g/mol. The third-order valence-corrected chi connectivity index (χ3v) is 1.93. The van der Waals surface area contributed by atoms with E-state index in [2.05, 4.69) is 24.1 Å². The lowest BCUT2D eigenvalue weighted by Crippen LogP contribution is -2.19. The van der Waals surface area contributed by atoms with Gasteiger partial charge >= 0.3 is 6.08 Å². The van der Waals surface area contributed by atoms with Crippen molar-refractivity contribution < 1.29 is 9.15 Å². The molecule has 1 aromatic rings. The Morgan fingerprint density at radius 2 is 2.38 bits per heavy atom. The molecule has 4 heteroatoms. The van der Waals surface area contributed by atoms with Crippen molar-refractivity contribution in [3.63, 3.8) is 0 Å². The highest BCUT2D eigenvalue weighted by molar-refractivity contribution is 5.00. The Bertz CT molecular complexity index is 319. The van der Waals surface area contributed by atoms with E-state index in [1.807, 2.05) is 19.1 Å². The van der Waals surface area contributed by atoms with Gasteiger partial charge in [0, 0.05) is 6.54 Å². The summed E-state index contributed by atoms with van der Waals surface area (Å²) in [6, 6.07) is 0. The van der Waals surface area contributed by atoms with Crippen molar-refractivity contribution in [1.29, 1.82) is 0 Å². The van der Waals surface area contributed by atoms with E-state index in [-0.39, 0.29) is 0 Å². The molecular formula is C12H20N2O2. The Balaban J connectivity index is 2.28. The van der Waals surface area contributed by atoms with Gasteiger partial charge < -0.3 is 14.5 Å². The average molecular weight is 224 g/mol. The topological polar surface area (TPSA) is 47.3 Å². The van der Waals surface area contributed by atoms with E-state index in [1.165, 1.54) is 0 Å². The minimum atomic E-state index is 0.333. The summed E-state index contributed by atoms with van der Waals surface area (Å²) < 4.78 is 10.4. The fourth-order valence-electron chi connectivity index (χ4n) is 1.14. The number of nitrogens with zero attached hydrogens (tertiary/aromatic N) is 1. The van der Waals surface area contributed by atoms with Crippen molar-refractivity contribution in [1.82, 2.24) is 10.3 Å². The van der Waals surface area contributed by atoms with Crippen LogP contribution in [0.5, 0.6) is 6.08 Å². The lowest BCUT2D eigenvalue weighted by atomic mass is 10.2. The van der Waals surface area contributed by atoms with E-state index in [0.29, 0.717) is 25.1 Å². The number of nitrogens with one attached hydrogen (secondary N) is 1. The van der Waals surface area contributed by atoms with Gasteiger partial charge in [0.2, 0.25) is 0 Å². The van der Waals surface area contributed by atoms with E-state index in [1.54, 1.807) is 6.26 Å². The molecule has 0 saturated carbocycles. The van der Waals surface area contributed by atoms with Gasteiger partial charge in [-0.15, -0.1) is 0 Å². The van der Waals surface area contributed by atoms with Crippen LogP contribution in [0.15, 0.2) is 22.8 Å². The first kappa shape index (κ1) is 12.8. The molecule has 16 heavy (non-hydrogen) atoms. The zero-order chi connectivity index (χ0) is 11.8. The molecule has 1 aromatic heterocycles. The molecule has 4 nitrogen and oxygen atoms in total. The molecule has 0 fully saturated rings. The highest BCUT2D eigenvalue weighted by Gasteiger charge is 2.03. The summed E-state index contributed by atoms with van der Waals surface area (Å²) in [7, 11) is 0. The molecule has 0 saturated heterocycles. The molecule has 0 atom stereocenters. The quantitative estimate of drug-likeness (QED) is 0.722. The summed E-state index contributed by atoms with van der Waals surface area (Å²) in [6.07, 6.45) is 5.78. The van der Waals surface area contributed by atoms with Crippen LogP contribution in [0.1, 0.15) is 26.5 Å². The first-order valence-electron chi connectivity index (χ1n) is 5.61. The highest BCUT2D eigenvalue weighted by atomic mass is 16.6. The van der Waals surface area contributed by atoms with Crippen LogP contribution in [0, 0.1) is 5.92 Å². The number of hydrogen-bond donors (Lipinski definition) is 1. The fraction of sp³-hybridized carbons (Fsp3) is 0.583. The van der Waals surface area contributed by atoms with Gasteiger partial charge in [-0.25, -0.2) is 0 Å². The summed E-state index contributed by atoms with van der Waals surface area (Å²) >= 11 is 0. The summed E-state index contributed by atoms with van der Waals surface area (Å²) in [5.74, 6) is 0.636. The third-order valence-electron chi connectivity index (χ3n) is 1.93. The molecule has 0 radical (unpaired) electrons. The largest absolute Gasteiger partial charge is 0.446 e. The maximum atomic E-state index is 5.26. The van der Waals surface area contributed by atoms with E-state index >= 15 is 0 Å². The normalized spacial score (nSPS) is 11.5. The Morgan fingerprint density at radius 1 is 1.56 bits per heavy atom. The monoisotopic (exact) mass is 224 g/mol. The van der Waals surface area contributed by atoms with Crippen LogP contribution < -0.4 is 10.1 Å². The Morgan fingerprint density at radius 3 is 3.06 bits per heavy atom. The number of hydrogen-bond acceptors (Lipinski definition) is 4. The second-order valence-electron chi connectivity index (χ2n) is 4.01. The first-order chi connectivity index (χ1) is 7.72. The van der Waals surface area contributed by atoms with Crippen LogP contribution in [0.3, 0.4) is 0 Å². The number of ether oxygens (including phenoxy) is 1. The maximum Gasteiger partial charge on any atom is 0.394 e. The van der Waals surface area contributed by atoms with Crippen LogP contribution in [0.25, 0.3) is 0 Å². The lowest BCUT2D eigenvalue weighted by molar-refractivity contribution is 0.258. The zero-order valence-corrected chi connectivity index (χ0v) is 10.2. The molecule has 0 unspecified atom stereocenters. The van der Waals surface area contributed by atoms with Crippen molar-refractivity contribution in [3.05, 3.63) is 24.1 Å². The highest BCUT2D eigenvalue weighted by Crippen LogP contribution is 2.09. The van der Waals surface area contributed by atoms with Crippen molar-refractivity contribution in [3.8, 4) is 6.08 Å². The molecule has 1 rings (SSSR count). The molecule has 0 aromatic carbocycles. The van der Waals surface area contributed by atoms with Gasteiger partial charge in [0.05, 0.1) is 5.69 Å². The van der Waals surface area contributed by atoms with Crippen molar-refractivity contribution in [2.75, 3.05) is 13.2 Å². The Labute approximate surface area is 96.7 Å². The maximum absolute atomic E-state index is 5.26. The second kappa shape index (κ2) is 7.06. The number of oxazole rings is 1. The standard InChI is InChI=1S/C12H20N2O2/c1-4-5-6-15-12-14-11(9-16-12)8-13-7-10(2)3/h4-5,9-10,13H,6-8H2,1-3H3/b5-4+. The van der Waals surface area contributed by atoms with Crippen LogP contribution in [0.4, 0.5) is 0 Å². The molecule has 0 spiro atoms. The molecule has 1 N–H and O–H groups in total. The van der Waals surface area contributed by atoms with Crippen molar-refractivity contribution in [2.45, 2.75) is 27.3 Å². The summed E-state index contributed by atoms with van der Waals surface area (Å²) in [5, 5.41) is 3.29. The van der Waals surface area contributed by atoms with Gasteiger partial charge in [-0.2, -0.15) is 4.98 Å². The van der Waals surface area contributed by atoms with Gasteiger partial charge in [-0.1, -0.05) is 26.0 Å². The molecule has 0 aliphatic rings. The Hall–Kier alpha value is -1.29. The molecule has 1 heterocycles. The Kier molecular flexibility index (Phi) is 5.64. The van der Waals surface area contributed by atoms with Gasteiger partial charge in [0.1, 0.15) is 12.9 Å². The van der Waals surface area contributed by atoms with Gasteiger partial charge in [-0.3, -0.25) is 0 Å². The summed E-state index contributed by atoms with van der Waals surface area (Å²) in [4.78, 5) is 4.19. The minimum Gasteiger partial charge on any atom is -0.446 e. The molecule has 0 aliphatic carbocycles. The zero-order valence-electron chi connectivity index (χ0n) is 10.2. The smallest absolute Gasteiger partial charge is 0.394 e. The molecule has 0 amide bonds. The summed E-state index contributed by atoms with van der Waals surface area (Å²) in [6.45, 7) is 8.47. The van der Waals surface area contributed by atoms with Crippen LogP contribution >= 0.6 is 0 Å². The molecule has 0 bridgehead atoms. The van der Waals surface area contributed by atoms with E-state index in [9.17, 15) is 0 Å². The number of rotatable bonds is 7. The predicted octanol–water partition coefficient (Wildman–Crippen LogP) is 2.38. The number of allylic oxidation sites excluding steroid dienone is 1. The second-order valence-corrected chi connectivity index (χ2v) is 4.01. The average Bonchev–Trinajstić information content (AvgIpc) is 2.66. The van der Waals surface area contributed by atoms with E-state index in [0.717, 1.165) is 12.2 Å². The van der Waals surface area contributed by atoms with E-state index < -0.39 is 0 Å². The van der Waals surface area contributed by atoms with Crippen LogP contribution in [0.2, 0.25) is 0 Å². The van der Waals surface area contributed by atoms with Crippen LogP contribution in [-0.4, -0.2) is 18.1 Å². The SMILES string of the molecule is C/C=C/COc1nc(CNCC(C)C)co1.